The molecule has 0 bridgehead atoms. The Morgan fingerprint density at radius 2 is 2.06 bits per heavy atom. The van der Waals surface area contributed by atoms with Gasteiger partial charge in [-0.05, 0) is 17.7 Å². The quantitative estimate of drug-likeness (QED) is 0.747. The summed E-state index contributed by atoms with van der Waals surface area (Å²) in [6.07, 6.45) is 0. The largest absolute Gasteiger partial charge is 0.375 e. The Balaban J connectivity index is 2.43. The van der Waals surface area contributed by atoms with Crippen LogP contribution in [0.5, 0.6) is 0 Å². The molecule has 1 rings (SSSR count). The molecular formula is C13H20FN3O. The predicted molar refractivity (Wildman–Crippen MR) is 71.1 cm³/mol. The fourth-order valence-electron chi connectivity index (χ4n) is 1.57. The molecular weight excluding hydrogens is 233 g/mol. The first kappa shape index (κ1) is 14.4. The SMILES string of the molecule is CC(=O)NCCNCc1ccc(F)c(N(C)C)c1. The number of halogens is 1. The van der Waals surface area contributed by atoms with Crippen molar-refractivity contribution in [3.63, 3.8) is 0 Å². The van der Waals surface area contributed by atoms with Crippen molar-refractivity contribution in [3.8, 4) is 0 Å². The Kier molecular flexibility index (Phi) is 5.58. The number of anilines is 1. The van der Waals surface area contributed by atoms with Crippen molar-refractivity contribution in [2.24, 2.45) is 0 Å². The van der Waals surface area contributed by atoms with Crippen molar-refractivity contribution >= 4 is 11.6 Å². The van der Waals surface area contributed by atoms with Crippen LogP contribution in [-0.2, 0) is 11.3 Å². The van der Waals surface area contributed by atoms with E-state index < -0.39 is 0 Å². The van der Waals surface area contributed by atoms with Crippen LogP contribution in [0, 0.1) is 5.82 Å². The van der Waals surface area contributed by atoms with Crippen LogP contribution in [0.4, 0.5) is 10.1 Å². The fourth-order valence-corrected chi connectivity index (χ4v) is 1.57. The summed E-state index contributed by atoms with van der Waals surface area (Å²) in [6, 6.07) is 5.05. The Hall–Kier alpha value is -1.62. The highest BCUT2D eigenvalue weighted by atomic mass is 19.1. The number of nitrogens with zero attached hydrogens (tertiary/aromatic N) is 1. The summed E-state index contributed by atoms with van der Waals surface area (Å²) in [4.78, 5) is 12.4. The van der Waals surface area contributed by atoms with Gasteiger partial charge in [-0.25, -0.2) is 4.39 Å². The summed E-state index contributed by atoms with van der Waals surface area (Å²) in [7, 11) is 3.62. The molecule has 0 spiro atoms. The van der Waals surface area contributed by atoms with Crippen LogP contribution in [-0.4, -0.2) is 33.1 Å². The van der Waals surface area contributed by atoms with Gasteiger partial charge in [0.2, 0.25) is 5.91 Å². The molecule has 0 aliphatic carbocycles. The molecule has 0 aliphatic rings. The molecule has 0 radical (unpaired) electrons. The van der Waals surface area contributed by atoms with Gasteiger partial charge < -0.3 is 15.5 Å². The van der Waals surface area contributed by atoms with E-state index in [4.69, 9.17) is 0 Å². The van der Waals surface area contributed by atoms with Crippen LogP contribution in [0.15, 0.2) is 18.2 Å². The monoisotopic (exact) mass is 253 g/mol. The second-order valence-corrected chi connectivity index (χ2v) is 4.34. The van der Waals surface area contributed by atoms with E-state index in [1.54, 1.807) is 11.0 Å². The predicted octanol–water partition coefficient (Wildman–Crippen LogP) is 1.12. The third-order valence-corrected chi connectivity index (χ3v) is 2.50. The minimum atomic E-state index is -0.220. The van der Waals surface area contributed by atoms with Gasteiger partial charge >= 0.3 is 0 Å². The Labute approximate surface area is 107 Å². The van der Waals surface area contributed by atoms with E-state index in [1.807, 2.05) is 20.2 Å². The van der Waals surface area contributed by atoms with Gasteiger partial charge in [-0.3, -0.25) is 4.79 Å². The molecule has 0 saturated heterocycles. The molecule has 1 aromatic rings. The summed E-state index contributed by atoms with van der Waals surface area (Å²) >= 11 is 0. The number of amides is 1. The lowest BCUT2D eigenvalue weighted by Gasteiger charge is -2.15. The summed E-state index contributed by atoms with van der Waals surface area (Å²) in [6.45, 7) is 3.43. The van der Waals surface area contributed by atoms with Gasteiger partial charge in [0.25, 0.3) is 0 Å². The molecule has 0 aliphatic heterocycles. The average Bonchev–Trinajstić information content (AvgIpc) is 2.30. The minimum absolute atomic E-state index is 0.0338. The number of hydrogen-bond donors (Lipinski definition) is 2. The molecule has 18 heavy (non-hydrogen) atoms. The van der Waals surface area contributed by atoms with E-state index >= 15 is 0 Å². The molecule has 4 nitrogen and oxygen atoms in total. The topological polar surface area (TPSA) is 44.4 Å². The van der Waals surface area contributed by atoms with Crippen molar-refractivity contribution in [3.05, 3.63) is 29.6 Å². The third kappa shape index (κ3) is 4.71. The van der Waals surface area contributed by atoms with Gasteiger partial charge in [0, 0.05) is 40.7 Å². The summed E-state index contributed by atoms with van der Waals surface area (Å²) in [5.41, 5.74) is 1.60. The fraction of sp³-hybridized carbons (Fsp3) is 0.462. The Morgan fingerprint density at radius 1 is 1.33 bits per heavy atom. The number of rotatable bonds is 6. The number of benzene rings is 1. The molecule has 1 amide bonds. The summed E-state index contributed by atoms with van der Waals surface area (Å²) in [5, 5.41) is 5.89. The lowest BCUT2D eigenvalue weighted by Crippen LogP contribution is -2.29. The van der Waals surface area contributed by atoms with E-state index in [2.05, 4.69) is 10.6 Å². The zero-order valence-electron chi connectivity index (χ0n) is 11.1. The van der Waals surface area contributed by atoms with Crippen LogP contribution < -0.4 is 15.5 Å². The molecule has 0 unspecified atom stereocenters. The van der Waals surface area contributed by atoms with Crippen molar-refractivity contribution in [1.82, 2.24) is 10.6 Å². The summed E-state index contributed by atoms with van der Waals surface area (Å²) < 4.78 is 13.4. The minimum Gasteiger partial charge on any atom is -0.375 e. The molecule has 5 heteroatoms. The maximum absolute atomic E-state index is 13.4. The van der Waals surface area contributed by atoms with Gasteiger partial charge in [0.05, 0.1) is 5.69 Å². The summed E-state index contributed by atoms with van der Waals surface area (Å²) in [5.74, 6) is -0.254. The molecule has 0 heterocycles. The second-order valence-electron chi connectivity index (χ2n) is 4.34. The molecule has 0 atom stereocenters. The first-order valence-electron chi connectivity index (χ1n) is 5.91. The standard InChI is InChI=1S/C13H20FN3O/c1-10(18)16-7-6-15-9-11-4-5-12(14)13(8-11)17(2)3/h4-5,8,15H,6-7,9H2,1-3H3,(H,16,18). The first-order chi connectivity index (χ1) is 8.50. The smallest absolute Gasteiger partial charge is 0.216 e. The highest BCUT2D eigenvalue weighted by molar-refractivity contribution is 5.72. The number of hydrogen-bond acceptors (Lipinski definition) is 3. The van der Waals surface area contributed by atoms with E-state index in [9.17, 15) is 9.18 Å². The zero-order valence-corrected chi connectivity index (χ0v) is 11.1. The second kappa shape index (κ2) is 6.96. The normalized spacial score (nSPS) is 10.2. The number of carbonyl (C=O) groups excluding carboxylic acids is 1. The van der Waals surface area contributed by atoms with Gasteiger partial charge in [0.15, 0.2) is 0 Å². The number of carbonyl (C=O) groups is 1. The van der Waals surface area contributed by atoms with Crippen molar-refractivity contribution < 1.29 is 9.18 Å². The molecule has 100 valence electrons. The highest BCUT2D eigenvalue weighted by Crippen LogP contribution is 2.18. The van der Waals surface area contributed by atoms with Crippen LogP contribution in [0.1, 0.15) is 12.5 Å². The van der Waals surface area contributed by atoms with Crippen LogP contribution in [0.25, 0.3) is 0 Å². The van der Waals surface area contributed by atoms with Gasteiger partial charge in [0.1, 0.15) is 5.82 Å². The zero-order chi connectivity index (χ0) is 13.5. The molecule has 2 N–H and O–H groups in total. The molecule has 1 aromatic carbocycles. The lowest BCUT2D eigenvalue weighted by molar-refractivity contribution is -0.118. The van der Waals surface area contributed by atoms with Gasteiger partial charge in [-0.1, -0.05) is 6.07 Å². The Morgan fingerprint density at radius 3 is 2.67 bits per heavy atom. The van der Waals surface area contributed by atoms with Crippen molar-refractivity contribution in [2.75, 3.05) is 32.1 Å². The van der Waals surface area contributed by atoms with Gasteiger partial charge in [-0.2, -0.15) is 0 Å². The van der Waals surface area contributed by atoms with Crippen LogP contribution in [0.2, 0.25) is 0 Å². The van der Waals surface area contributed by atoms with Crippen molar-refractivity contribution in [2.45, 2.75) is 13.5 Å². The molecule has 0 aromatic heterocycles. The van der Waals surface area contributed by atoms with Crippen LogP contribution in [0.3, 0.4) is 0 Å². The van der Waals surface area contributed by atoms with Crippen molar-refractivity contribution in [1.29, 1.82) is 0 Å². The van der Waals surface area contributed by atoms with Crippen LogP contribution >= 0.6 is 0 Å². The maximum atomic E-state index is 13.4. The highest BCUT2D eigenvalue weighted by Gasteiger charge is 2.05. The van der Waals surface area contributed by atoms with Gasteiger partial charge in [-0.15, -0.1) is 0 Å². The van der Waals surface area contributed by atoms with E-state index in [-0.39, 0.29) is 11.7 Å². The first-order valence-corrected chi connectivity index (χ1v) is 5.91. The number of nitrogens with one attached hydrogen (secondary N) is 2. The van der Waals surface area contributed by atoms with E-state index in [0.29, 0.717) is 25.3 Å². The lowest BCUT2D eigenvalue weighted by atomic mass is 10.2. The third-order valence-electron chi connectivity index (χ3n) is 2.50. The van der Waals surface area contributed by atoms with E-state index in [1.165, 1.54) is 13.0 Å². The Bertz CT molecular complexity index is 407. The van der Waals surface area contributed by atoms with E-state index in [0.717, 1.165) is 5.56 Å². The maximum Gasteiger partial charge on any atom is 0.216 e. The molecule has 0 saturated carbocycles. The average molecular weight is 253 g/mol. The molecule has 0 fully saturated rings.